The van der Waals surface area contributed by atoms with Gasteiger partial charge in [-0.2, -0.15) is 0 Å². The molecular formula is C11H9Br2NOS. The van der Waals surface area contributed by atoms with E-state index in [1.807, 2.05) is 23.6 Å². The fourth-order valence-corrected chi connectivity index (χ4v) is 3.44. The van der Waals surface area contributed by atoms with E-state index in [9.17, 15) is 5.11 Å². The zero-order valence-corrected chi connectivity index (χ0v) is 12.2. The minimum Gasteiger partial charge on any atom is -0.506 e. The SMILES string of the molecule is Nc1sccc1Cc1cc(Br)cc(Br)c1O. The number of benzene rings is 1. The minimum absolute atomic E-state index is 0.272. The number of aromatic hydroxyl groups is 1. The third kappa shape index (κ3) is 2.42. The molecule has 2 aromatic rings. The van der Waals surface area contributed by atoms with Gasteiger partial charge in [0.25, 0.3) is 0 Å². The van der Waals surface area contributed by atoms with Gasteiger partial charge in [-0.3, -0.25) is 0 Å². The molecule has 0 radical (unpaired) electrons. The molecule has 0 fully saturated rings. The lowest BCUT2D eigenvalue weighted by molar-refractivity contribution is 0.466. The lowest BCUT2D eigenvalue weighted by atomic mass is 10.1. The average Bonchev–Trinajstić information content (AvgIpc) is 2.60. The summed E-state index contributed by atoms with van der Waals surface area (Å²) in [4.78, 5) is 0. The summed E-state index contributed by atoms with van der Waals surface area (Å²) < 4.78 is 1.62. The van der Waals surface area contributed by atoms with Gasteiger partial charge in [0.2, 0.25) is 0 Å². The Morgan fingerprint density at radius 3 is 2.62 bits per heavy atom. The van der Waals surface area contributed by atoms with Crippen LogP contribution in [0.1, 0.15) is 11.1 Å². The summed E-state index contributed by atoms with van der Waals surface area (Å²) in [6.07, 6.45) is 0.638. The Morgan fingerprint density at radius 2 is 2.00 bits per heavy atom. The van der Waals surface area contributed by atoms with Crippen LogP contribution >= 0.6 is 43.2 Å². The minimum atomic E-state index is 0.272. The lowest BCUT2D eigenvalue weighted by Gasteiger charge is -2.07. The largest absolute Gasteiger partial charge is 0.506 e. The predicted molar refractivity (Wildman–Crippen MR) is 75.0 cm³/mol. The van der Waals surface area contributed by atoms with Crippen molar-refractivity contribution in [2.45, 2.75) is 6.42 Å². The van der Waals surface area contributed by atoms with Gasteiger partial charge in [-0.1, -0.05) is 15.9 Å². The van der Waals surface area contributed by atoms with Crippen LogP contribution in [-0.2, 0) is 6.42 Å². The number of halogens is 2. The molecule has 0 aliphatic heterocycles. The van der Waals surface area contributed by atoms with Crippen LogP contribution in [0, 0.1) is 0 Å². The number of anilines is 1. The van der Waals surface area contributed by atoms with Gasteiger partial charge in [0, 0.05) is 16.5 Å². The molecule has 0 spiro atoms. The normalized spacial score (nSPS) is 10.6. The smallest absolute Gasteiger partial charge is 0.133 e. The molecule has 0 amide bonds. The molecule has 0 saturated carbocycles. The summed E-state index contributed by atoms with van der Waals surface area (Å²) in [6, 6.07) is 5.70. The summed E-state index contributed by atoms with van der Waals surface area (Å²) in [5, 5.41) is 12.7. The van der Waals surface area contributed by atoms with Crippen molar-refractivity contribution in [1.82, 2.24) is 0 Å². The van der Waals surface area contributed by atoms with Gasteiger partial charge in [0.1, 0.15) is 5.75 Å². The standard InChI is InChI=1S/C11H9Br2NOS/c12-8-4-7(10(15)9(13)5-8)3-6-1-2-16-11(6)14/h1-2,4-5,15H,3,14H2. The Morgan fingerprint density at radius 1 is 1.25 bits per heavy atom. The Kier molecular flexibility index (Phi) is 3.56. The van der Waals surface area contributed by atoms with Crippen molar-refractivity contribution in [3.63, 3.8) is 0 Å². The summed E-state index contributed by atoms with van der Waals surface area (Å²) in [7, 11) is 0. The number of phenols is 1. The molecule has 0 unspecified atom stereocenters. The highest BCUT2D eigenvalue weighted by atomic mass is 79.9. The van der Waals surface area contributed by atoms with Gasteiger partial charge in [-0.05, 0) is 45.1 Å². The van der Waals surface area contributed by atoms with E-state index in [-0.39, 0.29) is 5.75 Å². The lowest BCUT2D eigenvalue weighted by Crippen LogP contribution is -1.92. The summed E-state index contributed by atoms with van der Waals surface area (Å²) in [6.45, 7) is 0. The maximum absolute atomic E-state index is 9.91. The summed E-state index contributed by atoms with van der Waals surface area (Å²) >= 11 is 8.22. The number of thiophene rings is 1. The van der Waals surface area contributed by atoms with E-state index < -0.39 is 0 Å². The molecule has 0 atom stereocenters. The Labute approximate surface area is 114 Å². The first-order valence-corrected chi connectivity index (χ1v) is 7.03. The topological polar surface area (TPSA) is 46.2 Å². The second-order valence-corrected chi connectivity index (χ2v) is 6.10. The fraction of sp³-hybridized carbons (Fsp3) is 0.0909. The summed E-state index contributed by atoms with van der Waals surface area (Å²) in [5.74, 6) is 0.272. The van der Waals surface area contributed by atoms with Crippen molar-refractivity contribution in [3.05, 3.63) is 43.7 Å². The fourth-order valence-electron chi connectivity index (χ4n) is 1.45. The highest BCUT2D eigenvalue weighted by Gasteiger charge is 2.10. The first kappa shape index (κ1) is 12.0. The molecule has 0 saturated heterocycles. The van der Waals surface area contributed by atoms with Gasteiger partial charge in [-0.15, -0.1) is 11.3 Å². The quantitative estimate of drug-likeness (QED) is 0.842. The van der Waals surface area contributed by atoms with Gasteiger partial charge >= 0.3 is 0 Å². The molecule has 84 valence electrons. The molecule has 2 rings (SSSR count). The van der Waals surface area contributed by atoms with Crippen LogP contribution in [0.25, 0.3) is 0 Å². The van der Waals surface area contributed by atoms with Crippen LogP contribution in [0.3, 0.4) is 0 Å². The molecule has 0 aliphatic rings. The van der Waals surface area contributed by atoms with Crippen molar-refractivity contribution < 1.29 is 5.11 Å². The van der Waals surface area contributed by atoms with E-state index in [0.717, 1.165) is 20.6 Å². The van der Waals surface area contributed by atoms with E-state index >= 15 is 0 Å². The molecule has 1 heterocycles. The maximum atomic E-state index is 9.91. The Balaban J connectivity index is 2.38. The molecule has 1 aromatic carbocycles. The van der Waals surface area contributed by atoms with Crippen LogP contribution in [0.2, 0.25) is 0 Å². The van der Waals surface area contributed by atoms with E-state index in [1.54, 1.807) is 0 Å². The molecule has 5 heteroatoms. The van der Waals surface area contributed by atoms with E-state index in [0.29, 0.717) is 10.9 Å². The zero-order chi connectivity index (χ0) is 11.7. The molecule has 16 heavy (non-hydrogen) atoms. The third-order valence-electron chi connectivity index (χ3n) is 2.27. The molecule has 2 nitrogen and oxygen atoms in total. The van der Waals surface area contributed by atoms with Crippen LogP contribution in [0.5, 0.6) is 5.75 Å². The molecular weight excluding hydrogens is 354 g/mol. The number of phenolic OH excluding ortho intramolecular Hbond substituents is 1. The van der Waals surface area contributed by atoms with Gasteiger partial charge in [-0.25, -0.2) is 0 Å². The molecule has 0 aliphatic carbocycles. The van der Waals surface area contributed by atoms with Gasteiger partial charge in [0.15, 0.2) is 0 Å². The van der Waals surface area contributed by atoms with E-state index in [4.69, 9.17) is 5.73 Å². The van der Waals surface area contributed by atoms with E-state index in [1.165, 1.54) is 11.3 Å². The highest BCUT2D eigenvalue weighted by molar-refractivity contribution is 9.11. The highest BCUT2D eigenvalue weighted by Crippen LogP contribution is 2.34. The van der Waals surface area contributed by atoms with Crippen molar-refractivity contribution in [3.8, 4) is 5.75 Å². The number of nitrogen functional groups attached to an aromatic ring is 1. The van der Waals surface area contributed by atoms with Crippen molar-refractivity contribution in [2.24, 2.45) is 0 Å². The first-order valence-electron chi connectivity index (χ1n) is 4.56. The first-order chi connectivity index (χ1) is 7.58. The van der Waals surface area contributed by atoms with Crippen LogP contribution in [0.4, 0.5) is 5.00 Å². The molecule has 0 bridgehead atoms. The predicted octanol–water partition coefficient (Wildman–Crippen LogP) is 4.15. The Bertz CT molecular complexity index is 525. The third-order valence-corrected chi connectivity index (χ3v) is 4.12. The zero-order valence-electron chi connectivity index (χ0n) is 8.21. The Hall–Kier alpha value is -0.520. The number of hydrogen-bond acceptors (Lipinski definition) is 3. The second kappa shape index (κ2) is 4.77. The maximum Gasteiger partial charge on any atom is 0.133 e. The number of rotatable bonds is 2. The van der Waals surface area contributed by atoms with Crippen LogP contribution in [-0.4, -0.2) is 5.11 Å². The second-order valence-electron chi connectivity index (χ2n) is 3.38. The van der Waals surface area contributed by atoms with Gasteiger partial charge in [0.05, 0.1) is 9.47 Å². The van der Waals surface area contributed by atoms with Crippen molar-refractivity contribution in [1.29, 1.82) is 0 Å². The number of hydrogen-bond donors (Lipinski definition) is 2. The number of nitrogens with two attached hydrogens (primary N) is 1. The average molecular weight is 363 g/mol. The summed E-state index contributed by atoms with van der Waals surface area (Å²) in [5.41, 5.74) is 7.73. The van der Waals surface area contributed by atoms with Crippen molar-refractivity contribution >= 4 is 48.2 Å². The molecule has 3 N–H and O–H groups in total. The van der Waals surface area contributed by atoms with Crippen molar-refractivity contribution in [2.75, 3.05) is 5.73 Å². The monoisotopic (exact) mass is 361 g/mol. The van der Waals surface area contributed by atoms with Crippen LogP contribution in [0.15, 0.2) is 32.5 Å². The van der Waals surface area contributed by atoms with Crippen LogP contribution < -0.4 is 5.73 Å². The van der Waals surface area contributed by atoms with Gasteiger partial charge < -0.3 is 10.8 Å². The van der Waals surface area contributed by atoms with E-state index in [2.05, 4.69) is 31.9 Å². The molecule has 1 aromatic heterocycles.